The van der Waals surface area contributed by atoms with Crippen LogP contribution in [0.1, 0.15) is 104 Å². The van der Waals surface area contributed by atoms with Gasteiger partial charge >= 0.3 is 0 Å². The zero-order valence-corrected chi connectivity index (χ0v) is 37.6. The number of nitrogens with one attached hydrogen (secondary N) is 3. The van der Waals surface area contributed by atoms with Crippen LogP contribution in [0.25, 0.3) is 0 Å². The van der Waals surface area contributed by atoms with Crippen molar-refractivity contribution in [2.45, 2.75) is 116 Å². The lowest BCUT2D eigenvalue weighted by molar-refractivity contribution is -0.164. The van der Waals surface area contributed by atoms with Crippen molar-refractivity contribution in [2.24, 2.45) is 10.8 Å². The molecule has 3 N–H and O–H groups in total. The van der Waals surface area contributed by atoms with Crippen LogP contribution in [0.2, 0.25) is 0 Å². The molecule has 8 rings (SSSR count). The van der Waals surface area contributed by atoms with Gasteiger partial charge in [-0.2, -0.15) is 0 Å². The highest BCUT2D eigenvalue weighted by Gasteiger charge is 2.64. The number of carbonyl (C=O) groups excluding carboxylic acids is 4. The molecule has 1 unspecified atom stereocenters. The molecule has 3 aromatic carbocycles. The van der Waals surface area contributed by atoms with E-state index in [-0.39, 0.29) is 59.3 Å². The third-order valence-electron chi connectivity index (χ3n) is 14.3. The number of morpholine rings is 1. The number of carbonyl (C=O) groups is 4. The van der Waals surface area contributed by atoms with Crippen LogP contribution >= 0.6 is 0 Å². The number of ether oxygens (including phenoxy) is 4. The van der Waals surface area contributed by atoms with Crippen molar-refractivity contribution in [3.8, 4) is 29.6 Å². The maximum atomic E-state index is 13.6. The fraction of sp³-hybridized carbons (Fsp3) is 0.520. The van der Waals surface area contributed by atoms with E-state index in [0.717, 1.165) is 80.0 Å². The maximum Gasteiger partial charge on any atom is 0.255 e. The van der Waals surface area contributed by atoms with E-state index in [1.807, 2.05) is 38.1 Å². The van der Waals surface area contributed by atoms with Crippen molar-refractivity contribution >= 4 is 29.3 Å². The maximum absolute atomic E-state index is 13.6. The van der Waals surface area contributed by atoms with Crippen LogP contribution in [-0.2, 0) is 14.3 Å². The molecule has 334 valence electrons. The fourth-order valence-corrected chi connectivity index (χ4v) is 11.0. The second-order valence-corrected chi connectivity index (χ2v) is 19.4. The van der Waals surface area contributed by atoms with Gasteiger partial charge in [-0.05, 0) is 92.8 Å². The van der Waals surface area contributed by atoms with Crippen LogP contribution in [0.15, 0.2) is 54.6 Å². The predicted molar refractivity (Wildman–Crippen MR) is 239 cm³/mol. The number of piperidine rings is 2. The third kappa shape index (κ3) is 8.72. The first-order chi connectivity index (χ1) is 30.0. The van der Waals surface area contributed by atoms with Gasteiger partial charge in [0.05, 0.1) is 24.9 Å². The summed E-state index contributed by atoms with van der Waals surface area (Å²) in [7, 11) is 1.49. The van der Waals surface area contributed by atoms with Gasteiger partial charge in [-0.25, -0.2) is 0 Å². The molecule has 3 aliphatic heterocycles. The molecule has 2 saturated carbocycles. The molecule has 13 nitrogen and oxygen atoms in total. The van der Waals surface area contributed by atoms with Gasteiger partial charge in [-0.15, -0.1) is 6.42 Å². The molecule has 1 spiro atoms. The molecule has 0 radical (unpaired) electrons. The molecule has 63 heavy (non-hydrogen) atoms. The Labute approximate surface area is 370 Å². The lowest BCUT2D eigenvalue weighted by Crippen LogP contribution is -2.74. The molecule has 4 amide bonds. The SMILES string of the molecule is C#Cc1c(C)cc(OC2C(C)(C)C(NC(=O)c3ccc(N4CCC5(CC4)CN(C4CC(Oc6ccc(C(=O)NC7CCC(=O)NC7=O)c(OC)c6)C4)CCO5)cc3)C2(C)C)cc1C. The molecular formula is C50H61N5O8. The lowest BCUT2D eigenvalue weighted by atomic mass is 9.49. The highest BCUT2D eigenvalue weighted by molar-refractivity contribution is 6.04. The van der Waals surface area contributed by atoms with Crippen LogP contribution in [0.3, 0.4) is 0 Å². The largest absolute Gasteiger partial charge is 0.496 e. The number of aryl methyl sites for hydroxylation is 2. The van der Waals surface area contributed by atoms with E-state index in [1.165, 1.54) is 7.11 Å². The average molecular weight is 860 g/mol. The second kappa shape index (κ2) is 17.2. The minimum atomic E-state index is -0.774. The Morgan fingerprint density at radius 1 is 0.873 bits per heavy atom. The summed E-state index contributed by atoms with van der Waals surface area (Å²) in [6.07, 6.45) is 9.73. The van der Waals surface area contributed by atoms with E-state index >= 15 is 0 Å². The van der Waals surface area contributed by atoms with Crippen molar-refractivity contribution in [1.82, 2.24) is 20.9 Å². The van der Waals surface area contributed by atoms with E-state index in [1.54, 1.807) is 18.2 Å². The first-order valence-corrected chi connectivity index (χ1v) is 22.3. The minimum Gasteiger partial charge on any atom is -0.496 e. The number of hydrogen-bond acceptors (Lipinski definition) is 10. The fourth-order valence-electron chi connectivity index (χ4n) is 11.0. The highest BCUT2D eigenvalue weighted by atomic mass is 16.5. The Balaban J connectivity index is 0.795. The standard InChI is InChI=1S/C50H61N5O8/c1-9-38-30(2)24-36(25-31(38)3)63-47-48(4,5)46(49(47,6)7)53-43(57)32-10-12-33(13-11-32)54-20-18-50(19-21-54)29-55(22-23-61-50)34-26-37(27-34)62-35-14-15-39(41(28-35)60-8)44(58)51-40-16-17-42(56)52-45(40)59/h1,10-15,24-25,28,34,37,40,46-47H,16-23,26-27,29H2,2-8H3,(H,51,58)(H,53,57)(H,52,56,59). The van der Waals surface area contributed by atoms with Crippen LogP contribution < -0.4 is 35.1 Å². The Kier molecular flexibility index (Phi) is 12.0. The van der Waals surface area contributed by atoms with Gasteiger partial charge in [-0.3, -0.25) is 29.4 Å². The Morgan fingerprint density at radius 3 is 2.19 bits per heavy atom. The Bertz CT molecular complexity index is 2260. The average Bonchev–Trinajstić information content (AvgIpc) is 3.24. The summed E-state index contributed by atoms with van der Waals surface area (Å²) in [6, 6.07) is 16.6. The summed E-state index contributed by atoms with van der Waals surface area (Å²) in [5, 5.41) is 8.31. The molecule has 3 saturated heterocycles. The van der Waals surface area contributed by atoms with Crippen LogP contribution in [0.5, 0.6) is 17.2 Å². The zero-order chi connectivity index (χ0) is 44.8. The van der Waals surface area contributed by atoms with E-state index in [9.17, 15) is 19.2 Å². The number of rotatable bonds is 11. The molecule has 0 bridgehead atoms. The smallest absolute Gasteiger partial charge is 0.255 e. The van der Waals surface area contributed by atoms with Crippen molar-refractivity contribution < 1.29 is 38.1 Å². The van der Waals surface area contributed by atoms with Crippen molar-refractivity contribution in [3.05, 3.63) is 82.4 Å². The predicted octanol–water partition coefficient (Wildman–Crippen LogP) is 5.72. The molecule has 1 atom stereocenters. The number of amides is 4. The summed E-state index contributed by atoms with van der Waals surface area (Å²) in [4.78, 5) is 55.2. The normalized spacial score (nSPS) is 26.0. The second-order valence-electron chi connectivity index (χ2n) is 19.4. The number of anilines is 1. The van der Waals surface area contributed by atoms with Crippen LogP contribution in [-0.4, -0.2) is 104 Å². The van der Waals surface area contributed by atoms with E-state index in [4.69, 9.17) is 25.4 Å². The first kappa shape index (κ1) is 44.0. The number of imide groups is 1. The van der Waals surface area contributed by atoms with Crippen LogP contribution in [0.4, 0.5) is 5.69 Å². The number of benzene rings is 3. The Morgan fingerprint density at radius 2 is 1.56 bits per heavy atom. The number of methoxy groups -OCH3 is 1. The van der Waals surface area contributed by atoms with Gasteiger partial charge in [0.15, 0.2) is 0 Å². The van der Waals surface area contributed by atoms with Gasteiger partial charge in [-0.1, -0.05) is 33.6 Å². The number of nitrogens with zero attached hydrogens (tertiary/aromatic N) is 2. The molecule has 2 aliphatic carbocycles. The molecule has 3 aromatic rings. The number of hydrogen-bond donors (Lipinski definition) is 3. The third-order valence-corrected chi connectivity index (χ3v) is 14.3. The topological polar surface area (TPSA) is 148 Å². The molecule has 5 aliphatic rings. The molecular weight excluding hydrogens is 799 g/mol. The summed E-state index contributed by atoms with van der Waals surface area (Å²) >= 11 is 0. The lowest BCUT2D eigenvalue weighted by Gasteiger charge is -2.63. The summed E-state index contributed by atoms with van der Waals surface area (Å²) < 4.78 is 25.0. The summed E-state index contributed by atoms with van der Waals surface area (Å²) in [5.41, 5.74) is 4.19. The quantitative estimate of drug-likeness (QED) is 0.162. The van der Waals surface area contributed by atoms with Crippen molar-refractivity contribution in [2.75, 3.05) is 44.8 Å². The van der Waals surface area contributed by atoms with E-state index < -0.39 is 17.9 Å². The molecule has 0 aromatic heterocycles. The zero-order valence-electron chi connectivity index (χ0n) is 37.6. The first-order valence-electron chi connectivity index (χ1n) is 22.3. The van der Waals surface area contributed by atoms with Gasteiger partial charge in [0, 0.05) is 91.2 Å². The van der Waals surface area contributed by atoms with Gasteiger partial charge in [0.1, 0.15) is 35.5 Å². The summed E-state index contributed by atoms with van der Waals surface area (Å²) in [5.74, 6) is 3.17. The van der Waals surface area contributed by atoms with Gasteiger partial charge < -0.3 is 34.5 Å². The monoisotopic (exact) mass is 859 g/mol. The highest BCUT2D eigenvalue weighted by Crippen LogP contribution is 2.55. The van der Waals surface area contributed by atoms with Crippen LogP contribution in [0, 0.1) is 37.0 Å². The minimum absolute atomic E-state index is 0.0449. The molecule has 3 heterocycles. The van der Waals surface area contributed by atoms with Gasteiger partial charge in [0.25, 0.3) is 11.8 Å². The number of terminal acetylenes is 1. The van der Waals surface area contributed by atoms with Gasteiger partial charge in [0.2, 0.25) is 11.8 Å². The molecule has 5 fully saturated rings. The van der Waals surface area contributed by atoms with Crippen molar-refractivity contribution in [3.63, 3.8) is 0 Å². The summed E-state index contributed by atoms with van der Waals surface area (Å²) in [6.45, 7) is 16.9. The van der Waals surface area contributed by atoms with E-state index in [2.05, 4.69) is 71.5 Å². The van der Waals surface area contributed by atoms with Crippen molar-refractivity contribution in [1.29, 1.82) is 0 Å². The molecule has 13 heteroatoms. The Hall–Kier alpha value is -5.58. The van der Waals surface area contributed by atoms with E-state index in [0.29, 0.717) is 35.3 Å².